The predicted molar refractivity (Wildman–Crippen MR) is 142 cm³/mol. The SMILES string of the molecule is CCC(c1ccccc1)C(Cc1ccccc1)(C(=O)O)c1ccnc2c(-c3ccc(C(F)(F)F)cc3)cnn12. The van der Waals surface area contributed by atoms with Gasteiger partial charge in [-0.25, -0.2) is 9.50 Å². The third kappa shape index (κ3) is 4.78. The maximum atomic E-state index is 13.5. The Morgan fingerprint density at radius 2 is 1.56 bits per heavy atom. The molecule has 0 spiro atoms. The maximum Gasteiger partial charge on any atom is 0.416 e. The van der Waals surface area contributed by atoms with Crippen molar-refractivity contribution in [1.29, 1.82) is 0 Å². The van der Waals surface area contributed by atoms with Gasteiger partial charge in [0.25, 0.3) is 0 Å². The molecule has 5 aromatic rings. The first-order valence-corrected chi connectivity index (χ1v) is 12.6. The summed E-state index contributed by atoms with van der Waals surface area (Å²) in [6.45, 7) is 1.97. The topological polar surface area (TPSA) is 67.5 Å². The quantitative estimate of drug-likeness (QED) is 0.231. The van der Waals surface area contributed by atoms with Crippen molar-refractivity contribution in [2.75, 3.05) is 0 Å². The Bertz CT molecular complexity index is 1580. The van der Waals surface area contributed by atoms with E-state index in [1.807, 2.05) is 67.6 Å². The van der Waals surface area contributed by atoms with Crippen LogP contribution in [-0.2, 0) is 22.8 Å². The van der Waals surface area contributed by atoms with Crippen LogP contribution in [0.3, 0.4) is 0 Å². The Kier molecular flexibility index (Phi) is 6.95. The molecule has 1 N–H and O–H groups in total. The van der Waals surface area contributed by atoms with Crippen LogP contribution in [0, 0.1) is 0 Å². The molecule has 0 radical (unpaired) electrons. The first kappa shape index (κ1) is 26.2. The summed E-state index contributed by atoms with van der Waals surface area (Å²) in [5.41, 5.74) is 1.39. The molecule has 0 amide bonds. The number of carboxylic acid groups (broad SMARTS) is 1. The number of carbonyl (C=O) groups is 1. The molecule has 0 aliphatic carbocycles. The Morgan fingerprint density at radius 1 is 0.923 bits per heavy atom. The second-order valence-electron chi connectivity index (χ2n) is 9.51. The lowest BCUT2D eigenvalue weighted by Gasteiger charge is -2.38. The number of alkyl halides is 3. The zero-order valence-electron chi connectivity index (χ0n) is 21.1. The van der Waals surface area contributed by atoms with Crippen molar-refractivity contribution in [2.45, 2.75) is 37.3 Å². The highest BCUT2D eigenvalue weighted by atomic mass is 19.4. The van der Waals surface area contributed by atoms with E-state index in [0.717, 1.165) is 23.3 Å². The minimum Gasteiger partial charge on any atom is -0.481 e. The van der Waals surface area contributed by atoms with Gasteiger partial charge in [0, 0.05) is 17.7 Å². The smallest absolute Gasteiger partial charge is 0.416 e. The van der Waals surface area contributed by atoms with Crippen molar-refractivity contribution < 1.29 is 23.1 Å². The van der Waals surface area contributed by atoms with Crippen LogP contribution in [0.1, 0.15) is 41.6 Å². The molecule has 0 saturated heterocycles. The van der Waals surface area contributed by atoms with Crippen LogP contribution in [0.5, 0.6) is 0 Å². The van der Waals surface area contributed by atoms with E-state index in [0.29, 0.717) is 28.9 Å². The van der Waals surface area contributed by atoms with Crippen molar-refractivity contribution in [3.8, 4) is 11.1 Å². The largest absolute Gasteiger partial charge is 0.481 e. The van der Waals surface area contributed by atoms with Crippen LogP contribution in [-0.4, -0.2) is 25.7 Å². The Labute approximate surface area is 223 Å². The van der Waals surface area contributed by atoms with Crippen molar-refractivity contribution in [3.05, 3.63) is 126 Å². The van der Waals surface area contributed by atoms with Gasteiger partial charge in [-0.3, -0.25) is 4.79 Å². The molecule has 0 aliphatic heterocycles. The van der Waals surface area contributed by atoms with Gasteiger partial charge in [-0.2, -0.15) is 18.3 Å². The second kappa shape index (κ2) is 10.4. The minimum absolute atomic E-state index is 0.200. The summed E-state index contributed by atoms with van der Waals surface area (Å²) in [4.78, 5) is 18.0. The van der Waals surface area contributed by atoms with E-state index < -0.39 is 29.0 Å². The molecular weight excluding hydrogens is 503 g/mol. The molecular formula is C31H26F3N3O2. The third-order valence-corrected chi connectivity index (χ3v) is 7.29. The lowest BCUT2D eigenvalue weighted by molar-refractivity contribution is -0.145. The molecule has 39 heavy (non-hydrogen) atoms. The average molecular weight is 530 g/mol. The predicted octanol–water partition coefficient (Wildman–Crippen LogP) is 7.17. The van der Waals surface area contributed by atoms with Crippen molar-refractivity contribution in [3.63, 3.8) is 0 Å². The van der Waals surface area contributed by atoms with Gasteiger partial charge in [-0.15, -0.1) is 0 Å². The number of carboxylic acids is 1. The van der Waals surface area contributed by atoms with E-state index >= 15 is 0 Å². The van der Waals surface area contributed by atoms with E-state index in [2.05, 4.69) is 10.1 Å². The zero-order chi connectivity index (χ0) is 27.6. The van der Waals surface area contributed by atoms with Gasteiger partial charge in [0.05, 0.1) is 17.5 Å². The molecule has 0 saturated carbocycles. The third-order valence-electron chi connectivity index (χ3n) is 7.29. The lowest BCUT2D eigenvalue weighted by Crippen LogP contribution is -2.45. The summed E-state index contributed by atoms with van der Waals surface area (Å²) in [5.74, 6) is -1.41. The number of aromatic nitrogens is 3. The molecule has 0 aliphatic rings. The van der Waals surface area contributed by atoms with Crippen LogP contribution in [0.2, 0.25) is 0 Å². The molecule has 5 nitrogen and oxygen atoms in total. The number of aliphatic carboxylic acids is 1. The highest BCUT2D eigenvalue weighted by molar-refractivity contribution is 5.84. The monoisotopic (exact) mass is 529 g/mol. The fourth-order valence-corrected chi connectivity index (χ4v) is 5.47. The number of benzene rings is 3. The molecule has 2 atom stereocenters. The molecule has 8 heteroatoms. The van der Waals surface area contributed by atoms with Gasteiger partial charge < -0.3 is 5.11 Å². The summed E-state index contributed by atoms with van der Waals surface area (Å²) in [5, 5.41) is 15.6. The normalized spacial score (nSPS) is 14.2. The van der Waals surface area contributed by atoms with Crippen LogP contribution >= 0.6 is 0 Å². The standard InChI is InChI=1S/C31H26F3N3O2/c1-2-26(23-11-7-4-8-12-23)30(29(38)39,19-21-9-5-3-6-10-21)27-17-18-35-28-25(20-36-37(27)28)22-13-15-24(16-14-22)31(32,33)34/h3-18,20,26H,2,19H2,1H3,(H,38,39). The summed E-state index contributed by atoms with van der Waals surface area (Å²) in [7, 11) is 0. The number of fused-ring (bicyclic) bond motifs is 1. The molecule has 2 unspecified atom stereocenters. The number of nitrogens with zero attached hydrogens (tertiary/aromatic N) is 3. The summed E-state index contributed by atoms with van der Waals surface area (Å²) < 4.78 is 40.9. The first-order valence-electron chi connectivity index (χ1n) is 12.6. The summed E-state index contributed by atoms with van der Waals surface area (Å²) in [6.07, 6.45) is -0.644. The van der Waals surface area contributed by atoms with Gasteiger partial charge in [-0.1, -0.05) is 79.7 Å². The van der Waals surface area contributed by atoms with Gasteiger partial charge in [0.1, 0.15) is 5.41 Å². The van der Waals surface area contributed by atoms with Crippen molar-refractivity contribution in [1.82, 2.24) is 14.6 Å². The Hall–Kier alpha value is -4.46. The number of hydrogen-bond acceptors (Lipinski definition) is 3. The maximum absolute atomic E-state index is 13.5. The van der Waals surface area contributed by atoms with Crippen molar-refractivity contribution >= 4 is 11.6 Å². The molecule has 2 aromatic heterocycles. The molecule has 2 heterocycles. The molecule has 198 valence electrons. The molecule has 3 aromatic carbocycles. The molecule has 0 bridgehead atoms. The fourth-order valence-electron chi connectivity index (χ4n) is 5.47. The number of halogens is 3. The fraction of sp³-hybridized carbons (Fsp3) is 0.194. The number of rotatable bonds is 8. The minimum atomic E-state index is -4.45. The van der Waals surface area contributed by atoms with Gasteiger partial charge >= 0.3 is 12.1 Å². The Morgan fingerprint density at radius 3 is 2.15 bits per heavy atom. The van der Waals surface area contributed by atoms with Gasteiger partial charge in [-0.05, 0) is 47.7 Å². The van der Waals surface area contributed by atoms with Crippen LogP contribution in [0.15, 0.2) is 103 Å². The summed E-state index contributed by atoms with van der Waals surface area (Å²) in [6, 6.07) is 25.5. The Balaban J connectivity index is 1.73. The number of hydrogen-bond donors (Lipinski definition) is 1. The van der Waals surface area contributed by atoms with Gasteiger partial charge in [0.15, 0.2) is 5.65 Å². The van der Waals surface area contributed by atoms with Crippen LogP contribution < -0.4 is 0 Å². The summed E-state index contributed by atoms with van der Waals surface area (Å²) >= 11 is 0. The molecule has 5 rings (SSSR count). The van der Waals surface area contributed by atoms with Gasteiger partial charge in [0.2, 0.25) is 0 Å². The van der Waals surface area contributed by atoms with E-state index in [-0.39, 0.29) is 6.42 Å². The average Bonchev–Trinajstić information content (AvgIpc) is 3.38. The van der Waals surface area contributed by atoms with E-state index in [9.17, 15) is 23.1 Å². The van der Waals surface area contributed by atoms with E-state index in [1.54, 1.807) is 12.3 Å². The van der Waals surface area contributed by atoms with Crippen LogP contribution in [0.25, 0.3) is 16.8 Å². The highest BCUT2D eigenvalue weighted by Gasteiger charge is 2.49. The zero-order valence-corrected chi connectivity index (χ0v) is 21.1. The highest BCUT2D eigenvalue weighted by Crippen LogP contribution is 2.45. The first-order chi connectivity index (χ1) is 18.8. The van der Waals surface area contributed by atoms with E-state index in [4.69, 9.17) is 0 Å². The van der Waals surface area contributed by atoms with Crippen molar-refractivity contribution in [2.24, 2.45) is 0 Å². The lowest BCUT2D eigenvalue weighted by atomic mass is 9.65. The van der Waals surface area contributed by atoms with Crippen LogP contribution in [0.4, 0.5) is 13.2 Å². The molecule has 0 fully saturated rings. The van der Waals surface area contributed by atoms with E-state index in [1.165, 1.54) is 22.8 Å². The second-order valence-corrected chi connectivity index (χ2v) is 9.51.